The minimum atomic E-state index is -0.375. The average Bonchev–Trinajstić information content (AvgIpc) is 3.62. The van der Waals surface area contributed by atoms with E-state index in [2.05, 4.69) is 26.9 Å². The maximum absolute atomic E-state index is 13.4. The molecule has 4 heterocycles. The molecule has 1 aliphatic heterocycles. The molecular formula is C33H38N6O4. The van der Waals surface area contributed by atoms with Crippen LogP contribution in [-0.2, 0) is 17.7 Å². The molecule has 0 radical (unpaired) electrons. The number of hydrogen-bond donors (Lipinski definition) is 0. The number of pyridine rings is 1. The molecule has 0 aliphatic carbocycles. The molecule has 224 valence electrons. The Morgan fingerprint density at radius 3 is 2.60 bits per heavy atom. The minimum Gasteiger partial charge on any atom is -0.492 e. The number of methoxy groups -OCH3 is 1. The SMILES string of the molecule is C.COC(=O)c1cccc(Cn2ncc3c(CC(=O)c4cnc5cc(OCCN6CCN(C)CC6)ccn45)cccc32)c1. The van der Waals surface area contributed by atoms with Crippen LogP contribution in [0.25, 0.3) is 16.6 Å². The van der Waals surface area contributed by atoms with E-state index in [4.69, 9.17) is 9.47 Å². The molecule has 0 atom stereocenters. The summed E-state index contributed by atoms with van der Waals surface area (Å²) in [5.74, 6) is 0.341. The number of benzene rings is 2. The van der Waals surface area contributed by atoms with Gasteiger partial charge in [-0.2, -0.15) is 5.10 Å². The highest BCUT2D eigenvalue weighted by Gasteiger charge is 2.17. The Labute approximate surface area is 251 Å². The van der Waals surface area contributed by atoms with Crippen LogP contribution in [0.3, 0.4) is 0 Å². The molecule has 0 unspecified atom stereocenters. The Morgan fingerprint density at radius 1 is 0.977 bits per heavy atom. The van der Waals surface area contributed by atoms with Crippen LogP contribution in [0.5, 0.6) is 5.75 Å². The Bertz CT molecular complexity index is 1730. The number of ketones is 1. The van der Waals surface area contributed by atoms with E-state index in [0.29, 0.717) is 30.1 Å². The third-order valence-corrected chi connectivity index (χ3v) is 7.85. The van der Waals surface area contributed by atoms with Crippen LogP contribution < -0.4 is 4.74 Å². The fourth-order valence-corrected chi connectivity index (χ4v) is 5.42. The summed E-state index contributed by atoms with van der Waals surface area (Å²) in [5.41, 5.74) is 4.44. The van der Waals surface area contributed by atoms with E-state index in [1.54, 1.807) is 18.5 Å². The first-order valence-corrected chi connectivity index (χ1v) is 14.1. The Kier molecular flexibility index (Phi) is 9.18. The second kappa shape index (κ2) is 13.2. The maximum atomic E-state index is 13.4. The van der Waals surface area contributed by atoms with Crippen molar-refractivity contribution in [2.45, 2.75) is 20.4 Å². The Morgan fingerprint density at radius 2 is 1.79 bits per heavy atom. The van der Waals surface area contributed by atoms with Gasteiger partial charge in [-0.15, -0.1) is 0 Å². The molecular weight excluding hydrogens is 544 g/mol. The summed E-state index contributed by atoms with van der Waals surface area (Å²) < 4.78 is 14.5. The highest BCUT2D eigenvalue weighted by atomic mass is 16.5. The van der Waals surface area contributed by atoms with Gasteiger partial charge in [-0.05, 0) is 42.4 Å². The number of Topliss-reactive ketones (excluding diaryl/α,β-unsaturated/α-hetero) is 1. The van der Waals surface area contributed by atoms with Gasteiger partial charge in [-0.1, -0.05) is 31.7 Å². The van der Waals surface area contributed by atoms with Crippen LogP contribution >= 0.6 is 0 Å². The van der Waals surface area contributed by atoms with E-state index in [1.807, 2.05) is 63.8 Å². The summed E-state index contributed by atoms with van der Waals surface area (Å²) in [6.07, 6.45) is 5.49. The van der Waals surface area contributed by atoms with Crippen LogP contribution in [0, 0.1) is 0 Å². The zero-order valence-corrected chi connectivity index (χ0v) is 23.9. The minimum absolute atomic E-state index is 0. The zero-order valence-electron chi connectivity index (χ0n) is 23.9. The van der Waals surface area contributed by atoms with Crippen molar-refractivity contribution in [2.24, 2.45) is 0 Å². The molecule has 10 heteroatoms. The van der Waals surface area contributed by atoms with Crippen molar-refractivity contribution >= 4 is 28.3 Å². The number of aromatic nitrogens is 4. The van der Waals surface area contributed by atoms with E-state index in [-0.39, 0.29) is 25.6 Å². The van der Waals surface area contributed by atoms with E-state index in [0.717, 1.165) is 60.5 Å². The summed E-state index contributed by atoms with van der Waals surface area (Å²) in [5, 5.41) is 5.50. The second-order valence-electron chi connectivity index (χ2n) is 10.7. The number of esters is 1. The molecule has 2 aromatic carbocycles. The van der Waals surface area contributed by atoms with E-state index in [1.165, 1.54) is 7.11 Å². The van der Waals surface area contributed by atoms with Crippen LogP contribution in [-0.4, -0.2) is 94.2 Å². The molecule has 0 N–H and O–H groups in total. The summed E-state index contributed by atoms with van der Waals surface area (Å²) in [6, 6.07) is 17.0. The van der Waals surface area contributed by atoms with Gasteiger partial charge in [-0.25, -0.2) is 9.78 Å². The number of rotatable bonds is 10. The topological polar surface area (TPSA) is 94.2 Å². The van der Waals surface area contributed by atoms with Crippen molar-refractivity contribution < 1.29 is 19.1 Å². The molecule has 0 bridgehead atoms. The van der Waals surface area contributed by atoms with Gasteiger partial charge >= 0.3 is 5.97 Å². The average molecular weight is 583 g/mol. The Balaban J connectivity index is 0.00000368. The third kappa shape index (κ3) is 6.60. The quantitative estimate of drug-likeness (QED) is 0.179. The normalized spacial score (nSPS) is 14.1. The van der Waals surface area contributed by atoms with Crippen molar-refractivity contribution in [1.82, 2.24) is 29.0 Å². The van der Waals surface area contributed by atoms with Crippen LogP contribution in [0.15, 0.2) is 73.2 Å². The summed E-state index contributed by atoms with van der Waals surface area (Å²) in [7, 11) is 3.52. The predicted molar refractivity (Wildman–Crippen MR) is 166 cm³/mol. The fourth-order valence-electron chi connectivity index (χ4n) is 5.42. The van der Waals surface area contributed by atoms with Gasteiger partial charge in [-0.3, -0.25) is 18.8 Å². The van der Waals surface area contributed by atoms with Gasteiger partial charge in [0.25, 0.3) is 0 Å². The predicted octanol–water partition coefficient (Wildman–Crippen LogP) is 4.21. The first-order chi connectivity index (χ1) is 20.5. The van der Waals surface area contributed by atoms with Crippen LogP contribution in [0.4, 0.5) is 0 Å². The second-order valence-corrected chi connectivity index (χ2v) is 10.7. The zero-order chi connectivity index (χ0) is 29.1. The van der Waals surface area contributed by atoms with Crippen molar-refractivity contribution in [3.63, 3.8) is 0 Å². The highest BCUT2D eigenvalue weighted by Crippen LogP contribution is 2.23. The van der Waals surface area contributed by atoms with Gasteiger partial charge in [0, 0.05) is 56.8 Å². The summed E-state index contributed by atoms with van der Waals surface area (Å²) in [4.78, 5) is 34.6. The lowest BCUT2D eigenvalue weighted by molar-refractivity contribution is 0.0600. The highest BCUT2D eigenvalue weighted by molar-refractivity contribution is 5.99. The van der Waals surface area contributed by atoms with Crippen LogP contribution in [0.2, 0.25) is 0 Å². The first-order valence-electron chi connectivity index (χ1n) is 14.1. The van der Waals surface area contributed by atoms with Gasteiger partial charge in [0.2, 0.25) is 0 Å². The molecule has 1 fully saturated rings. The van der Waals surface area contributed by atoms with Gasteiger partial charge in [0.15, 0.2) is 5.78 Å². The maximum Gasteiger partial charge on any atom is 0.337 e. The molecule has 0 amide bonds. The Hall–Kier alpha value is -4.54. The molecule has 1 saturated heterocycles. The lowest BCUT2D eigenvalue weighted by Crippen LogP contribution is -2.45. The first kappa shape index (κ1) is 29.9. The summed E-state index contributed by atoms with van der Waals surface area (Å²) in [6.45, 7) is 6.27. The molecule has 1 aliphatic rings. The number of carbonyl (C=O) groups is 2. The van der Waals surface area contributed by atoms with Gasteiger partial charge < -0.3 is 14.4 Å². The smallest absolute Gasteiger partial charge is 0.337 e. The van der Waals surface area contributed by atoms with Crippen molar-refractivity contribution in [2.75, 3.05) is 53.5 Å². The number of imidazole rings is 1. The monoisotopic (exact) mass is 582 g/mol. The van der Waals surface area contributed by atoms with E-state index >= 15 is 0 Å². The lowest BCUT2D eigenvalue weighted by atomic mass is 10.0. The number of fused-ring (bicyclic) bond motifs is 2. The van der Waals surface area contributed by atoms with Crippen LogP contribution in [0.1, 0.15) is 39.4 Å². The molecule has 6 rings (SSSR count). The number of hydrogen-bond acceptors (Lipinski definition) is 8. The number of ether oxygens (including phenoxy) is 2. The third-order valence-electron chi connectivity index (χ3n) is 7.85. The van der Waals surface area contributed by atoms with Gasteiger partial charge in [0.05, 0.1) is 37.1 Å². The van der Waals surface area contributed by atoms with Crippen molar-refractivity contribution in [3.05, 3.63) is 95.6 Å². The number of piperazine rings is 1. The van der Waals surface area contributed by atoms with Crippen molar-refractivity contribution in [1.29, 1.82) is 0 Å². The number of carbonyl (C=O) groups excluding carboxylic acids is 2. The molecule has 0 spiro atoms. The summed E-state index contributed by atoms with van der Waals surface area (Å²) >= 11 is 0. The standard InChI is InChI=1S/C32H34N6O4.CH4/c1-35-11-13-36(14-12-35)15-16-42-26-9-10-37-29(21-33-31(37)19-26)30(39)18-24-6-4-8-28-27(24)20-34-38(28)22-23-5-3-7-25(17-23)32(40)41-2;/h3-10,17,19-21H,11-16,18,22H2,1-2H3;1H4. The molecule has 43 heavy (non-hydrogen) atoms. The number of likely N-dealkylation sites (N-methyl/N-ethyl adjacent to an activating group) is 1. The number of nitrogens with zero attached hydrogens (tertiary/aromatic N) is 6. The molecule has 5 aromatic rings. The largest absolute Gasteiger partial charge is 0.492 e. The fraction of sp³-hybridized carbons (Fsp3) is 0.333. The molecule has 0 saturated carbocycles. The van der Waals surface area contributed by atoms with E-state index in [9.17, 15) is 9.59 Å². The lowest BCUT2D eigenvalue weighted by Gasteiger charge is -2.32. The molecule has 3 aromatic heterocycles. The molecule has 10 nitrogen and oxygen atoms in total. The van der Waals surface area contributed by atoms with E-state index < -0.39 is 0 Å². The van der Waals surface area contributed by atoms with Gasteiger partial charge in [0.1, 0.15) is 23.7 Å². The van der Waals surface area contributed by atoms with Crippen molar-refractivity contribution in [3.8, 4) is 5.75 Å².